The molecular weight excluding hydrogens is 294 g/mol. The van der Waals surface area contributed by atoms with Gasteiger partial charge in [0.2, 0.25) is 0 Å². The number of hydrogen-bond acceptors (Lipinski definition) is 3. The third-order valence-electron chi connectivity index (χ3n) is 2.84. The fourth-order valence-electron chi connectivity index (χ4n) is 2.00. The number of nitrogens with two attached hydrogens (primary N) is 1. The summed E-state index contributed by atoms with van der Waals surface area (Å²) in [6.07, 6.45) is 0.767. The minimum atomic E-state index is 0.592. The number of nitrogens with zero attached hydrogens (tertiary/aromatic N) is 1. The predicted octanol–water partition coefficient (Wildman–Crippen LogP) is 2.66. The lowest BCUT2D eigenvalue weighted by molar-refractivity contribution is 0.412. The molecule has 1 heterocycles. The first-order valence-corrected chi connectivity index (χ1v) is 6.54. The molecule has 2 aromatic rings. The van der Waals surface area contributed by atoms with E-state index in [9.17, 15) is 0 Å². The highest BCUT2D eigenvalue weighted by Gasteiger charge is 2.13. The second-order valence-electron chi connectivity index (χ2n) is 4.06. The summed E-state index contributed by atoms with van der Waals surface area (Å²) in [6, 6.07) is 6.01. The van der Waals surface area contributed by atoms with E-state index in [4.69, 9.17) is 10.5 Å². The molecule has 96 valence electrons. The summed E-state index contributed by atoms with van der Waals surface area (Å²) in [5.41, 5.74) is 9.90. The van der Waals surface area contributed by atoms with Gasteiger partial charge in [0.25, 0.3) is 0 Å². The van der Waals surface area contributed by atoms with Crippen molar-refractivity contribution >= 4 is 15.9 Å². The fraction of sp³-hybridized carbons (Fsp3) is 0.308. The van der Waals surface area contributed by atoms with E-state index in [0.29, 0.717) is 6.54 Å². The lowest BCUT2D eigenvalue weighted by atomic mass is 10.0. The predicted molar refractivity (Wildman–Crippen MR) is 75.8 cm³/mol. The summed E-state index contributed by atoms with van der Waals surface area (Å²) in [6.45, 7) is 2.61. The molecule has 0 radical (unpaired) electrons. The molecule has 0 amide bonds. The summed E-state index contributed by atoms with van der Waals surface area (Å²) in [5.74, 6) is 0.820. The zero-order chi connectivity index (χ0) is 13.1. The molecule has 0 atom stereocenters. The van der Waals surface area contributed by atoms with Crippen molar-refractivity contribution in [3.63, 3.8) is 0 Å². The molecule has 0 aliphatic rings. The van der Waals surface area contributed by atoms with E-state index >= 15 is 0 Å². The minimum absolute atomic E-state index is 0.592. The van der Waals surface area contributed by atoms with E-state index in [1.54, 1.807) is 7.11 Å². The third kappa shape index (κ3) is 2.42. The molecule has 0 saturated carbocycles. The SMILES string of the molecule is COc1ccc(-c2c(CCN)n[nH]c2C)cc1Br. The van der Waals surface area contributed by atoms with Gasteiger partial charge < -0.3 is 10.5 Å². The Hall–Kier alpha value is -1.33. The van der Waals surface area contributed by atoms with E-state index < -0.39 is 0 Å². The van der Waals surface area contributed by atoms with Gasteiger partial charge in [-0.1, -0.05) is 6.07 Å². The Morgan fingerprint density at radius 1 is 1.44 bits per heavy atom. The standard InChI is InChI=1S/C13H16BrN3O/c1-8-13(11(5-6-15)17-16-8)9-3-4-12(18-2)10(14)7-9/h3-4,7H,5-6,15H2,1-2H3,(H,16,17). The smallest absolute Gasteiger partial charge is 0.133 e. The van der Waals surface area contributed by atoms with Crippen LogP contribution in [0, 0.1) is 6.92 Å². The maximum absolute atomic E-state index is 5.61. The molecule has 1 aromatic carbocycles. The Kier molecular flexibility index (Phi) is 4.04. The summed E-state index contributed by atoms with van der Waals surface area (Å²) in [5, 5.41) is 7.32. The average Bonchev–Trinajstić information content (AvgIpc) is 2.71. The van der Waals surface area contributed by atoms with Crippen molar-refractivity contribution < 1.29 is 4.74 Å². The van der Waals surface area contributed by atoms with Gasteiger partial charge in [-0.2, -0.15) is 5.10 Å². The van der Waals surface area contributed by atoms with Gasteiger partial charge in [0.05, 0.1) is 17.3 Å². The van der Waals surface area contributed by atoms with Gasteiger partial charge in [-0.3, -0.25) is 5.10 Å². The third-order valence-corrected chi connectivity index (χ3v) is 3.46. The molecule has 18 heavy (non-hydrogen) atoms. The maximum Gasteiger partial charge on any atom is 0.133 e. The van der Waals surface area contributed by atoms with Crippen molar-refractivity contribution in [2.24, 2.45) is 5.73 Å². The van der Waals surface area contributed by atoms with Crippen LogP contribution < -0.4 is 10.5 Å². The van der Waals surface area contributed by atoms with E-state index in [0.717, 1.165) is 39.2 Å². The van der Waals surface area contributed by atoms with Crippen molar-refractivity contribution in [1.29, 1.82) is 0 Å². The second kappa shape index (κ2) is 5.54. The van der Waals surface area contributed by atoms with Crippen molar-refractivity contribution in [3.05, 3.63) is 34.1 Å². The maximum atomic E-state index is 5.61. The quantitative estimate of drug-likeness (QED) is 0.912. The first-order valence-electron chi connectivity index (χ1n) is 5.75. The Morgan fingerprint density at radius 2 is 2.22 bits per heavy atom. The van der Waals surface area contributed by atoms with Crippen molar-refractivity contribution in [1.82, 2.24) is 10.2 Å². The molecule has 4 nitrogen and oxygen atoms in total. The van der Waals surface area contributed by atoms with Gasteiger partial charge in [-0.15, -0.1) is 0 Å². The van der Waals surface area contributed by atoms with Crippen molar-refractivity contribution in [2.75, 3.05) is 13.7 Å². The number of halogens is 1. The molecule has 3 N–H and O–H groups in total. The van der Waals surface area contributed by atoms with Crippen molar-refractivity contribution in [2.45, 2.75) is 13.3 Å². The average molecular weight is 310 g/mol. The number of ether oxygens (including phenoxy) is 1. The molecule has 0 aliphatic heterocycles. The Balaban J connectivity index is 2.48. The van der Waals surface area contributed by atoms with Crippen LogP contribution in [0.25, 0.3) is 11.1 Å². The molecule has 0 spiro atoms. The highest BCUT2D eigenvalue weighted by molar-refractivity contribution is 9.10. The molecule has 0 unspecified atom stereocenters. The highest BCUT2D eigenvalue weighted by atomic mass is 79.9. The second-order valence-corrected chi connectivity index (χ2v) is 4.91. The molecule has 1 aromatic heterocycles. The molecular formula is C13H16BrN3O. The van der Waals surface area contributed by atoms with Crippen LogP contribution in [0.1, 0.15) is 11.4 Å². The zero-order valence-electron chi connectivity index (χ0n) is 10.5. The largest absolute Gasteiger partial charge is 0.496 e. The minimum Gasteiger partial charge on any atom is -0.496 e. The van der Waals surface area contributed by atoms with Crippen LogP contribution in [0.15, 0.2) is 22.7 Å². The summed E-state index contributed by atoms with van der Waals surface area (Å²) < 4.78 is 6.17. The number of H-pyrrole nitrogens is 1. The van der Waals surface area contributed by atoms with Gasteiger partial charge in [0, 0.05) is 17.7 Å². The van der Waals surface area contributed by atoms with Crippen LogP contribution in [0.5, 0.6) is 5.75 Å². The van der Waals surface area contributed by atoms with Gasteiger partial charge in [-0.05, 0) is 47.1 Å². The Labute approximate surface area is 115 Å². The normalized spacial score (nSPS) is 10.7. The first kappa shape index (κ1) is 13.1. The van der Waals surface area contributed by atoms with Crippen LogP contribution in [0.3, 0.4) is 0 Å². The van der Waals surface area contributed by atoms with Gasteiger partial charge in [-0.25, -0.2) is 0 Å². The van der Waals surface area contributed by atoms with E-state index in [-0.39, 0.29) is 0 Å². The molecule has 2 rings (SSSR count). The van der Waals surface area contributed by atoms with E-state index in [1.807, 2.05) is 25.1 Å². The Morgan fingerprint density at radius 3 is 2.83 bits per heavy atom. The number of hydrogen-bond donors (Lipinski definition) is 2. The molecule has 0 saturated heterocycles. The summed E-state index contributed by atoms with van der Waals surface area (Å²) in [7, 11) is 1.66. The van der Waals surface area contributed by atoms with Gasteiger partial charge in [0.15, 0.2) is 0 Å². The monoisotopic (exact) mass is 309 g/mol. The molecule has 0 aliphatic carbocycles. The molecule has 5 heteroatoms. The van der Waals surface area contributed by atoms with Crippen molar-refractivity contribution in [3.8, 4) is 16.9 Å². The lowest BCUT2D eigenvalue weighted by Crippen LogP contribution is -2.04. The van der Waals surface area contributed by atoms with E-state index in [2.05, 4.69) is 26.1 Å². The van der Waals surface area contributed by atoms with Crippen LogP contribution in [0.2, 0.25) is 0 Å². The number of aryl methyl sites for hydroxylation is 1. The lowest BCUT2D eigenvalue weighted by Gasteiger charge is -2.07. The molecule has 0 fully saturated rings. The Bertz CT molecular complexity index is 551. The van der Waals surface area contributed by atoms with Crippen LogP contribution >= 0.6 is 15.9 Å². The van der Waals surface area contributed by atoms with Gasteiger partial charge in [0.1, 0.15) is 5.75 Å². The highest BCUT2D eigenvalue weighted by Crippen LogP contribution is 2.33. The number of nitrogens with one attached hydrogen (secondary N) is 1. The fourth-order valence-corrected chi connectivity index (χ4v) is 2.54. The summed E-state index contributed by atoms with van der Waals surface area (Å²) >= 11 is 3.50. The van der Waals surface area contributed by atoms with Crippen LogP contribution in [0.4, 0.5) is 0 Å². The number of aromatic amines is 1. The zero-order valence-corrected chi connectivity index (χ0v) is 12.0. The van der Waals surface area contributed by atoms with Crippen LogP contribution in [-0.4, -0.2) is 23.9 Å². The number of benzene rings is 1. The van der Waals surface area contributed by atoms with E-state index in [1.165, 1.54) is 0 Å². The number of rotatable bonds is 4. The first-order chi connectivity index (χ1) is 8.67. The number of aromatic nitrogens is 2. The van der Waals surface area contributed by atoms with Gasteiger partial charge >= 0.3 is 0 Å². The molecule has 0 bridgehead atoms. The topological polar surface area (TPSA) is 63.9 Å². The van der Waals surface area contributed by atoms with Crippen LogP contribution in [-0.2, 0) is 6.42 Å². The number of methoxy groups -OCH3 is 1. The summed E-state index contributed by atoms with van der Waals surface area (Å²) in [4.78, 5) is 0.